The number of fused-ring (bicyclic) bond motifs is 1. The number of nitrogens with one attached hydrogen (secondary N) is 1. The van der Waals surface area contributed by atoms with Crippen LogP contribution in [0.25, 0.3) is 16.8 Å². The first-order valence-corrected chi connectivity index (χ1v) is 12.8. The van der Waals surface area contributed by atoms with Gasteiger partial charge in [-0.15, -0.1) is 0 Å². The van der Waals surface area contributed by atoms with E-state index in [0.717, 1.165) is 26.8 Å². The van der Waals surface area contributed by atoms with Crippen LogP contribution in [0, 0.1) is 0 Å². The van der Waals surface area contributed by atoms with Gasteiger partial charge >= 0.3 is 6.03 Å². The van der Waals surface area contributed by atoms with Crippen LogP contribution in [-0.4, -0.2) is 23.4 Å². The second kappa shape index (κ2) is 11.2. The summed E-state index contributed by atoms with van der Waals surface area (Å²) in [7, 11) is 0. The van der Waals surface area contributed by atoms with Crippen LogP contribution in [0.5, 0.6) is 11.5 Å². The molecule has 0 bridgehead atoms. The number of carbonyl (C=O) groups is 2. The first-order chi connectivity index (χ1) is 18.4. The lowest BCUT2D eigenvalue weighted by Gasteiger charge is -2.15. The maximum absolute atomic E-state index is 13.0. The summed E-state index contributed by atoms with van der Waals surface area (Å²) in [6.07, 6.45) is 1.57. The van der Waals surface area contributed by atoms with Crippen LogP contribution in [0.4, 0.5) is 4.79 Å². The van der Waals surface area contributed by atoms with E-state index >= 15 is 0 Å². The van der Waals surface area contributed by atoms with Crippen molar-refractivity contribution in [3.05, 3.63) is 111 Å². The van der Waals surface area contributed by atoms with E-state index in [1.54, 1.807) is 42.5 Å². The van der Waals surface area contributed by atoms with E-state index in [1.165, 1.54) is 0 Å². The molecule has 3 amide bonds. The van der Waals surface area contributed by atoms with E-state index < -0.39 is 11.9 Å². The summed E-state index contributed by atoms with van der Waals surface area (Å²) in [5.41, 5.74) is 2.52. The molecule has 5 rings (SSSR count). The third kappa shape index (κ3) is 5.62. The van der Waals surface area contributed by atoms with Crippen LogP contribution >= 0.6 is 23.2 Å². The van der Waals surface area contributed by atoms with Gasteiger partial charge in [0, 0.05) is 5.02 Å². The zero-order valence-electron chi connectivity index (χ0n) is 20.5. The van der Waals surface area contributed by atoms with Crippen molar-refractivity contribution in [1.29, 1.82) is 0 Å². The number of amides is 3. The minimum absolute atomic E-state index is 0.131. The number of halogens is 2. The van der Waals surface area contributed by atoms with Gasteiger partial charge in [0.25, 0.3) is 5.91 Å². The van der Waals surface area contributed by atoms with Gasteiger partial charge < -0.3 is 14.8 Å². The summed E-state index contributed by atoms with van der Waals surface area (Å²) in [4.78, 5) is 26.6. The zero-order valence-corrected chi connectivity index (χ0v) is 22.1. The molecule has 4 aromatic rings. The molecule has 0 radical (unpaired) electrons. The highest BCUT2D eigenvalue weighted by Crippen LogP contribution is 2.38. The quantitative estimate of drug-likeness (QED) is 0.187. The minimum atomic E-state index is -0.498. The van der Waals surface area contributed by atoms with Crippen LogP contribution in [-0.2, 0) is 17.9 Å². The number of carbonyl (C=O) groups excluding carboxylic acids is 2. The first kappa shape index (κ1) is 25.6. The number of rotatable bonds is 8. The number of hydrogen-bond acceptors (Lipinski definition) is 4. The number of nitrogens with zero attached hydrogens (tertiary/aromatic N) is 1. The Morgan fingerprint density at radius 3 is 2.37 bits per heavy atom. The molecule has 0 aromatic heterocycles. The Morgan fingerprint density at radius 1 is 0.868 bits per heavy atom. The summed E-state index contributed by atoms with van der Waals surface area (Å²) < 4.78 is 11.9. The van der Waals surface area contributed by atoms with Crippen LogP contribution in [0.3, 0.4) is 0 Å². The Labute approximate surface area is 230 Å². The second-order valence-electron chi connectivity index (χ2n) is 8.74. The molecule has 1 aliphatic rings. The number of hydrogen-bond donors (Lipinski definition) is 1. The van der Waals surface area contributed by atoms with Gasteiger partial charge in [0.1, 0.15) is 12.3 Å². The smallest absolute Gasteiger partial charge is 0.329 e. The van der Waals surface area contributed by atoms with E-state index in [-0.39, 0.29) is 12.2 Å². The first-order valence-electron chi connectivity index (χ1n) is 12.1. The molecule has 6 nitrogen and oxygen atoms in total. The fourth-order valence-corrected chi connectivity index (χ4v) is 4.61. The van der Waals surface area contributed by atoms with Crippen LogP contribution in [0.2, 0.25) is 10.0 Å². The van der Waals surface area contributed by atoms with Gasteiger partial charge in [-0.25, -0.2) is 4.79 Å². The van der Waals surface area contributed by atoms with Crippen molar-refractivity contribution in [2.75, 3.05) is 6.61 Å². The minimum Gasteiger partial charge on any atom is -0.490 e. The summed E-state index contributed by atoms with van der Waals surface area (Å²) in [5, 5.41) is 5.83. The van der Waals surface area contributed by atoms with Crippen LogP contribution in [0.15, 0.2) is 84.6 Å². The summed E-state index contributed by atoms with van der Waals surface area (Å²) >= 11 is 12.5. The lowest BCUT2D eigenvalue weighted by Crippen LogP contribution is -2.30. The van der Waals surface area contributed by atoms with Crippen molar-refractivity contribution >= 4 is 52.0 Å². The van der Waals surface area contributed by atoms with Gasteiger partial charge in [0.05, 0.1) is 18.2 Å². The molecule has 1 heterocycles. The molecular formula is C30H24Cl2N2O4. The predicted octanol–water partition coefficient (Wildman–Crippen LogP) is 7.22. The van der Waals surface area contributed by atoms with Gasteiger partial charge in [0.2, 0.25) is 0 Å². The molecule has 0 aliphatic carbocycles. The van der Waals surface area contributed by atoms with Crippen molar-refractivity contribution in [2.24, 2.45) is 0 Å². The highest BCUT2D eigenvalue weighted by molar-refractivity contribution is 6.32. The van der Waals surface area contributed by atoms with E-state index in [9.17, 15) is 9.59 Å². The Morgan fingerprint density at radius 2 is 1.61 bits per heavy atom. The maximum Gasteiger partial charge on any atom is 0.329 e. The number of imide groups is 1. The number of benzene rings is 4. The van der Waals surface area contributed by atoms with Gasteiger partial charge in [-0.05, 0) is 70.8 Å². The molecule has 4 aromatic carbocycles. The monoisotopic (exact) mass is 546 g/mol. The molecule has 0 saturated carbocycles. The van der Waals surface area contributed by atoms with Crippen molar-refractivity contribution in [3.8, 4) is 11.5 Å². The average Bonchev–Trinajstić information content (AvgIpc) is 3.16. The highest BCUT2D eigenvalue weighted by Gasteiger charge is 2.33. The Balaban J connectivity index is 1.35. The Kier molecular flexibility index (Phi) is 7.54. The largest absolute Gasteiger partial charge is 0.490 e. The van der Waals surface area contributed by atoms with Crippen LogP contribution in [0.1, 0.15) is 23.6 Å². The third-order valence-electron chi connectivity index (χ3n) is 6.06. The molecular weight excluding hydrogens is 523 g/mol. The van der Waals surface area contributed by atoms with E-state index in [2.05, 4.69) is 29.6 Å². The molecule has 1 fully saturated rings. The zero-order chi connectivity index (χ0) is 26.6. The second-order valence-corrected chi connectivity index (χ2v) is 9.58. The van der Waals surface area contributed by atoms with Crippen molar-refractivity contribution in [1.82, 2.24) is 10.2 Å². The molecule has 0 spiro atoms. The summed E-state index contributed by atoms with van der Waals surface area (Å²) in [6.45, 7) is 2.69. The average molecular weight is 547 g/mol. The van der Waals surface area contributed by atoms with Gasteiger partial charge in [-0.1, -0.05) is 71.7 Å². The fraction of sp³-hybridized carbons (Fsp3) is 0.133. The van der Waals surface area contributed by atoms with E-state index in [0.29, 0.717) is 40.3 Å². The Hall–Kier alpha value is -4.00. The van der Waals surface area contributed by atoms with Crippen molar-refractivity contribution in [3.63, 3.8) is 0 Å². The van der Waals surface area contributed by atoms with Crippen molar-refractivity contribution in [2.45, 2.75) is 20.1 Å². The molecule has 192 valence electrons. The molecule has 38 heavy (non-hydrogen) atoms. The van der Waals surface area contributed by atoms with Gasteiger partial charge in [0.15, 0.2) is 11.5 Å². The molecule has 0 unspecified atom stereocenters. The third-order valence-corrected chi connectivity index (χ3v) is 6.59. The Bertz CT molecular complexity index is 1550. The molecule has 1 aliphatic heterocycles. The molecule has 0 atom stereocenters. The number of ether oxygens (including phenoxy) is 2. The van der Waals surface area contributed by atoms with Crippen LogP contribution < -0.4 is 14.8 Å². The SMILES string of the molecule is CCOc1cc(/C=C2\NC(=O)N(Cc3ccc(Cl)cc3)C2=O)cc(Cl)c1OCc1ccc2ccccc2c1. The van der Waals surface area contributed by atoms with Gasteiger partial charge in [-0.2, -0.15) is 0 Å². The highest BCUT2D eigenvalue weighted by atomic mass is 35.5. The number of urea groups is 1. The lowest BCUT2D eigenvalue weighted by atomic mass is 10.1. The lowest BCUT2D eigenvalue weighted by molar-refractivity contribution is -0.123. The predicted molar refractivity (Wildman–Crippen MR) is 149 cm³/mol. The summed E-state index contributed by atoms with van der Waals surface area (Å²) in [5.74, 6) is 0.424. The van der Waals surface area contributed by atoms with Gasteiger partial charge in [-0.3, -0.25) is 9.69 Å². The molecule has 8 heteroatoms. The summed E-state index contributed by atoms with van der Waals surface area (Å²) in [6, 6.07) is 24.2. The standard InChI is InChI=1S/C30H24Cl2N2O4/c1-2-37-27-16-21(15-26-29(35)34(30(36)33-26)17-19-8-11-24(31)12-9-19)14-25(32)28(27)38-18-20-7-10-22-5-3-4-6-23(22)13-20/h3-16H,2,17-18H2,1H3,(H,33,36)/b26-15-. The molecule has 1 N–H and O–H groups in total. The molecule has 1 saturated heterocycles. The normalized spacial score (nSPS) is 14.3. The van der Waals surface area contributed by atoms with Crippen molar-refractivity contribution < 1.29 is 19.1 Å². The maximum atomic E-state index is 13.0. The fourth-order valence-electron chi connectivity index (χ4n) is 4.21. The van der Waals surface area contributed by atoms with E-state index in [1.807, 2.05) is 25.1 Å². The van der Waals surface area contributed by atoms with E-state index in [4.69, 9.17) is 32.7 Å². The topological polar surface area (TPSA) is 67.9 Å².